The van der Waals surface area contributed by atoms with E-state index in [9.17, 15) is 23.4 Å². The summed E-state index contributed by atoms with van der Waals surface area (Å²) in [6.07, 6.45) is 6.80. The summed E-state index contributed by atoms with van der Waals surface area (Å²) in [7, 11) is -1.61. The molecule has 2 heterocycles. The zero-order chi connectivity index (χ0) is 28.3. The van der Waals surface area contributed by atoms with E-state index in [0.29, 0.717) is 32.2 Å². The first kappa shape index (κ1) is 30.4. The summed E-state index contributed by atoms with van der Waals surface area (Å²) in [6, 6.07) is -1.52. The van der Waals surface area contributed by atoms with Crippen LogP contribution in [0.25, 0.3) is 0 Å². The molecule has 0 radical (unpaired) electrons. The van der Waals surface area contributed by atoms with Crippen molar-refractivity contribution in [1.82, 2.24) is 20.3 Å². The van der Waals surface area contributed by atoms with Crippen molar-refractivity contribution in [2.45, 2.75) is 134 Å². The van der Waals surface area contributed by atoms with E-state index in [1.807, 2.05) is 0 Å². The van der Waals surface area contributed by atoms with Crippen molar-refractivity contribution in [3.63, 3.8) is 0 Å². The Morgan fingerprint density at radius 2 is 1.61 bits per heavy atom. The fraction of sp³-hybridized carbons (Fsp3) is 0.852. The zero-order valence-corrected chi connectivity index (χ0v) is 24.6. The number of alkyl carbamates (subject to hydrolysis) is 1. The van der Waals surface area contributed by atoms with Crippen molar-refractivity contribution >= 4 is 34.8 Å². The summed E-state index contributed by atoms with van der Waals surface area (Å²) >= 11 is 0. The molecule has 3 aliphatic rings. The van der Waals surface area contributed by atoms with E-state index in [-0.39, 0.29) is 17.7 Å². The molecule has 10 nitrogen and oxygen atoms in total. The van der Waals surface area contributed by atoms with Crippen LogP contribution in [-0.2, 0) is 30.1 Å². The van der Waals surface area contributed by atoms with E-state index in [4.69, 9.17) is 4.74 Å². The summed E-state index contributed by atoms with van der Waals surface area (Å²) in [5.74, 6) is -1.13. The fourth-order valence-electron chi connectivity index (χ4n) is 5.28. The van der Waals surface area contributed by atoms with Crippen LogP contribution in [0.1, 0.15) is 106 Å². The van der Waals surface area contributed by atoms with E-state index < -0.39 is 51.0 Å². The number of hydrogen-bond donors (Lipinski definition) is 3. The summed E-state index contributed by atoms with van der Waals surface area (Å²) in [5.41, 5.74) is -1.81. The Bertz CT molecular complexity index is 943. The number of fused-ring (bicyclic) bond motifs is 2. The molecule has 2 aliphatic heterocycles. The van der Waals surface area contributed by atoms with E-state index in [0.717, 1.165) is 38.5 Å². The monoisotopic (exact) mass is 554 g/mol. The average Bonchev–Trinajstić information content (AvgIpc) is 3.25. The third-order valence-electron chi connectivity index (χ3n) is 7.47. The van der Waals surface area contributed by atoms with Gasteiger partial charge in [0.25, 0.3) is 5.91 Å². The minimum Gasteiger partial charge on any atom is -0.444 e. The van der Waals surface area contributed by atoms with Crippen LogP contribution in [-0.4, -0.2) is 67.4 Å². The van der Waals surface area contributed by atoms with E-state index in [1.54, 1.807) is 41.5 Å². The highest BCUT2D eigenvalue weighted by Crippen LogP contribution is 2.47. The molecule has 0 aromatic heterocycles. The molecular formula is C27H46N4O6S. The van der Waals surface area contributed by atoms with Crippen LogP contribution in [0.3, 0.4) is 0 Å². The molecule has 5 atom stereocenters. The van der Waals surface area contributed by atoms with Crippen molar-refractivity contribution in [2.75, 3.05) is 6.54 Å². The number of amides is 4. The van der Waals surface area contributed by atoms with Crippen LogP contribution in [0.15, 0.2) is 0 Å². The summed E-state index contributed by atoms with van der Waals surface area (Å²) < 4.78 is 20.1. The predicted octanol–water partition coefficient (Wildman–Crippen LogP) is 3.07. The molecule has 0 unspecified atom stereocenters. The van der Waals surface area contributed by atoms with Gasteiger partial charge in [-0.25, -0.2) is 9.00 Å². The second-order valence-corrected chi connectivity index (χ2v) is 14.9. The van der Waals surface area contributed by atoms with E-state index in [1.165, 1.54) is 4.90 Å². The molecule has 38 heavy (non-hydrogen) atoms. The second kappa shape index (κ2) is 11.9. The zero-order valence-electron chi connectivity index (χ0n) is 23.8. The molecule has 1 aliphatic carbocycles. The lowest BCUT2D eigenvalue weighted by Crippen LogP contribution is -2.58. The SMILES string of the molecule is CC(C)(C)OC(=O)N[C@H]1CCCCCCC[C@@H]2C[C@@]2(C(=O)N[S@@](=O)C(C)(C)C)NC(=O)[C@@H]2CCCN2C1=O. The highest BCUT2D eigenvalue weighted by atomic mass is 32.2. The van der Waals surface area contributed by atoms with Gasteiger partial charge in [-0.1, -0.05) is 32.1 Å². The molecule has 3 rings (SSSR count). The van der Waals surface area contributed by atoms with Crippen molar-refractivity contribution in [3.8, 4) is 0 Å². The normalized spacial score (nSPS) is 30.1. The number of hydrogen-bond acceptors (Lipinski definition) is 6. The van der Waals surface area contributed by atoms with Crippen LogP contribution < -0.4 is 15.4 Å². The molecule has 0 spiro atoms. The standard InChI is InChI=1S/C27H46N4O6S/c1-25(2,3)37-24(35)28-19-14-11-9-7-8-10-13-18-17-27(18,23(34)30-38(36)26(4,5)6)29-21(32)20-15-12-16-31(20)22(19)33/h18-20H,7-17H2,1-6H3,(H,28,35)(H,29,32)(H,30,34)/t18-,19+,20+,27-,38+/m1/s1. The van der Waals surface area contributed by atoms with Crippen molar-refractivity contribution < 1.29 is 28.1 Å². The predicted molar refractivity (Wildman–Crippen MR) is 145 cm³/mol. The summed E-state index contributed by atoms with van der Waals surface area (Å²) in [4.78, 5) is 54.6. The number of ether oxygens (including phenoxy) is 1. The summed E-state index contributed by atoms with van der Waals surface area (Å²) in [6.45, 7) is 11.0. The smallest absolute Gasteiger partial charge is 0.408 e. The Kier molecular flexibility index (Phi) is 9.53. The van der Waals surface area contributed by atoms with Crippen LogP contribution in [0.4, 0.5) is 4.79 Å². The van der Waals surface area contributed by atoms with Gasteiger partial charge < -0.3 is 20.3 Å². The van der Waals surface area contributed by atoms with Gasteiger partial charge in [0, 0.05) is 6.54 Å². The van der Waals surface area contributed by atoms with E-state index >= 15 is 0 Å². The Morgan fingerprint density at radius 3 is 2.24 bits per heavy atom. The topological polar surface area (TPSA) is 134 Å². The molecule has 0 aromatic carbocycles. The van der Waals surface area contributed by atoms with Crippen LogP contribution >= 0.6 is 0 Å². The lowest BCUT2D eigenvalue weighted by atomic mass is 10.0. The first-order chi connectivity index (χ1) is 17.6. The number of carbonyl (C=O) groups excluding carboxylic acids is 4. The lowest BCUT2D eigenvalue weighted by molar-refractivity contribution is -0.141. The molecule has 2 saturated heterocycles. The molecule has 1 saturated carbocycles. The third-order valence-corrected chi connectivity index (χ3v) is 8.95. The van der Waals surface area contributed by atoms with Crippen LogP contribution in [0, 0.1) is 5.92 Å². The molecular weight excluding hydrogens is 508 g/mol. The number of rotatable bonds is 3. The minimum atomic E-state index is -1.61. The first-order valence-corrected chi connectivity index (χ1v) is 15.1. The first-order valence-electron chi connectivity index (χ1n) is 14.0. The molecule has 11 heteroatoms. The quantitative estimate of drug-likeness (QED) is 0.491. The van der Waals surface area contributed by atoms with Gasteiger partial charge >= 0.3 is 6.09 Å². The Hall–Kier alpha value is -2.17. The fourth-order valence-corrected chi connectivity index (χ4v) is 5.93. The Morgan fingerprint density at radius 1 is 0.974 bits per heavy atom. The number of carbonyl (C=O) groups is 4. The van der Waals surface area contributed by atoms with E-state index in [2.05, 4.69) is 15.4 Å². The van der Waals surface area contributed by atoms with Crippen molar-refractivity contribution in [3.05, 3.63) is 0 Å². The van der Waals surface area contributed by atoms with Crippen molar-refractivity contribution in [2.24, 2.45) is 5.92 Å². The number of nitrogens with one attached hydrogen (secondary N) is 3. The van der Waals surface area contributed by atoms with Crippen LogP contribution in [0.5, 0.6) is 0 Å². The average molecular weight is 555 g/mol. The van der Waals surface area contributed by atoms with Gasteiger partial charge in [-0.05, 0) is 79.6 Å². The minimum absolute atomic E-state index is 0.0271. The Balaban J connectivity index is 1.81. The molecule has 0 bridgehead atoms. The maximum absolute atomic E-state index is 13.6. The maximum Gasteiger partial charge on any atom is 0.408 e. The highest BCUT2D eigenvalue weighted by Gasteiger charge is 2.61. The summed E-state index contributed by atoms with van der Waals surface area (Å²) in [5, 5.41) is 5.72. The third kappa shape index (κ3) is 7.70. The molecule has 3 fully saturated rings. The lowest BCUT2D eigenvalue weighted by Gasteiger charge is -2.31. The highest BCUT2D eigenvalue weighted by molar-refractivity contribution is 7.85. The molecule has 4 amide bonds. The van der Waals surface area contributed by atoms with Gasteiger partial charge in [-0.15, -0.1) is 0 Å². The van der Waals surface area contributed by atoms with Gasteiger partial charge in [0.05, 0.1) is 4.75 Å². The molecule has 216 valence electrons. The molecule has 3 N–H and O–H groups in total. The Labute approximate surface area is 229 Å². The van der Waals surface area contributed by atoms with Gasteiger partial charge in [0.1, 0.15) is 34.2 Å². The molecule has 0 aromatic rings. The van der Waals surface area contributed by atoms with Gasteiger partial charge in [-0.2, -0.15) is 0 Å². The second-order valence-electron chi connectivity index (χ2n) is 12.9. The van der Waals surface area contributed by atoms with Gasteiger partial charge in [0.2, 0.25) is 11.8 Å². The van der Waals surface area contributed by atoms with Crippen molar-refractivity contribution in [1.29, 1.82) is 0 Å². The van der Waals surface area contributed by atoms with Gasteiger partial charge in [-0.3, -0.25) is 19.1 Å². The maximum atomic E-state index is 13.6. The van der Waals surface area contributed by atoms with Crippen LogP contribution in [0.2, 0.25) is 0 Å². The largest absolute Gasteiger partial charge is 0.444 e. The van der Waals surface area contributed by atoms with Gasteiger partial charge in [0.15, 0.2) is 0 Å². The number of nitrogens with zero attached hydrogens (tertiary/aromatic N) is 1.